The van der Waals surface area contributed by atoms with Crippen LogP contribution in [0.15, 0.2) is 6.07 Å². The quantitative estimate of drug-likeness (QED) is 0.813. The van der Waals surface area contributed by atoms with Crippen molar-refractivity contribution in [3.05, 3.63) is 27.6 Å². The molecule has 24 heavy (non-hydrogen) atoms. The van der Waals surface area contributed by atoms with Gasteiger partial charge in [0.2, 0.25) is 0 Å². The van der Waals surface area contributed by atoms with Gasteiger partial charge < -0.3 is 15.4 Å². The smallest absolute Gasteiger partial charge is 0.158 e. The van der Waals surface area contributed by atoms with Crippen molar-refractivity contribution in [2.45, 2.75) is 37.8 Å². The Morgan fingerprint density at radius 3 is 2.92 bits per heavy atom. The molecule has 0 aliphatic carbocycles. The van der Waals surface area contributed by atoms with Crippen LogP contribution in [0.4, 0.5) is 0 Å². The molecule has 2 atom stereocenters. The first-order chi connectivity index (χ1) is 11.7. The topological polar surface area (TPSA) is 63.5 Å². The van der Waals surface area contributed by atoms with Gasteiger partial charge in [0.1, 0.15) is 10.3 Å². The van der Waals surface area contributed by atoms with Gasteiger partial charge in [0, 0.05) is 24.2 Å². The number of hydrogen-bond acceptors (Lipinski definition) is 5. The van der Waals surface area contributed by atoms with E-state index in [0.29, 0.717) is 29.0 Å². The maximum Gasteiger partial charge on any atom is 0.158 e. The number of ether oxygens (including phenoxy) is 1. The van der Waals surface area contributed by atoms with Gasteiger partial charge in [0.25, 0.3) is 0 Å². The lowest BCUT2D eigenvalue weighted by Gasteiger charge is -2.24. The van der Waals surface area contributed by atoms with Crippen LogP contribution in [0.25, 0.3) is 5.65 Å². The summed E-state index contributed by atoms with van der Waals surface area (Å²) in [7, 11) is 0. The number of nitrogens with one attached hydrogen (secondary N) is 2. The lowest BCUT2D eigenvalue weighted by molar-refractivity contribution is 0.0770. The van der Waals surface area contributed by atoms with E-state index in [4.69, 9.17) is 27.9 Å². The van der Waals surface area contributed by atoms with Gasteiger partial charge in [-0.15, -0.1) is 0 Å². The van der Waals surface area contributed by atoms with Gasteiger partial charge in [-0.3, -0.25) is 0 Å². The van der Waals surface area contributed by atoms with Crippen molar-refractivity contribution >= 4 is 28.8 Å². The zero-order chi connectivity index (χ0) is 16.5. The highest BCUT2D eigenvalue weighted by Gasteiger charge is 2.23. The molecule has 8 heteroatoms. The molecule has 2 unspecified atom stereocenters. The molecule has 0 bridgehead atoms. The second-order valence-electron chi connectivity index (χ2n) is 6.44. The van der Waals surface area contributed by atoms with E-state index in [1.54, 1.807) is 4.52 Å². The van der Waals surface area contributed by atoms with Crippen LogP contribution in [-0.4, -0.2) is 46.9 Å². The molecule has 2 aromatic heterocycles. The Morgan fingerprint density at radius 2 is 2.17 bits per heavy atom. The number of piperidine rings is 1. The van der Waals surface area contributed by atoms with Gasteiger partial charge in [0.15, 0.2) is 5.65 Å². The Morgan fingerprint density at radius 1 is 1.25 bits per heavy atom. The van der Waals surface area contributed by atoms with Crippen LogP contribution < -0.4 is 10.6 Å². The first kappa shape index (κ1) is 16.5. The van der Waals surface area contributed by atoms with Crippen molar-refractivity contribution in [1.29, 1.82) is 0 Å². The van der Waals surface area contributed by atoms with Crippen molar-refractivity contribution in [2.24, 2.45) is 0 Å². The molecule has 2 saturated heterocycles. The fourth-order valence-electron chi connectivity index (χ4n) is 3.43. The number of nitrogens with zero attached hydrogens (tertiary/aromatic N) is 3. The van der Waals surface area contributed by atoms with Gasteiger partial charge >= 0.3 is 0 Å². The minimum absolute atomic E-state index is 0.197. The minimum Gasteiger partial charge on any atom is -0.379 e. The number of fused-ring (bicyclic) bond motifs is 1. The lowest BCUT2D eigenvalue weighted by atomic mass is 10.0. The van der Waals surface area contributed by atoms with Crippen LogP contribution in [-0.2, 0) is 11.2 Å². The molecule has 2 aromatic rings. The van der Waals surface area contributed by atoms with Crippen LogP contribution in [0.5, 0.6) is 0 Å². The minimum atomic E-state index is 0.197. The third-order valence-corrected chi connectivity index (χ3v) is 5.42. The average molecular weight is 370 g/mol. The van der Waals surface area contributed by atoms with Crippen molar-refractivity contribution in [3.63, 3.8) is 0 Å². The van der Waals surface area contributed by atoms with Crippen molar-refractivity contribution in [2.75, 3.05) is 26.3 Å². The van der Waals surface area contributed by atoms with Crippen molar-refractivity contribution in [1.82, 2.24) is 25.2 Å². The van der Waals surface area contributed by atoms with Crippen LogP contribution in [0.1, 0.15) is 36.6 Å². The number of hydrogen-bond donors (Lipinski definition) is 2. The summed E-state index contributed by atoms with van der Waals surface area (Å²) >= 11 is 13.0. The molecule has 6 nitrogen and oxygen atoms in total. The summed E-state index contributed by atoms with van der Waals surface area (Å²) in [4.78, 5) is 4.50. The molecular weight excluding hydrogens is 349 g/mol. The summed E-state index contributed by atoms with van der Waals surface area (Å²) in [6.07, 6.45) is 4.20. The lowest BCUT2D eigenvalue weighted by Crippen LogP contribution is -2.42. The van der Waals surface area contributed by atoms with Gasteiger partial charge in [-0.1, -0.05) is 29.6 Å². The molecule has 2 fully saturated rings. The zero-order valence-electron chi connectivity index (χ0n) is 13.4. The van der Waals surface area contributed by atoms with E-state index < -0.39 is 0 Å². The summed E-state index contributed by atoms with van der Waals surface area (Å²) in [6, 6.07) is 2.45. The third kappa shape index (κ3) is 3.26. The summed E-state index contributed by atoms with van der Waals surface area (Å²) in [6.45, 7) is 3.26. The summed E-state index contributed by atoms with van der Waals surface area (Å²) in [5.41, 5.74) is 2.50. The van der Waals surface area contributed by atoms with Gasteiger partial charge in [-0.05, 0) is 25.8 Å². The average Bonchev–Trinajstić information content (AvgIpc) is 3.04. The second-order valence-corrected chi connectivity index (χ2v) is 7.16. The van der Waals surface area contributed by atoms with E-state index in [1.165, 1.54) is 12.8 Å². The molecule has 0 saturated carbocycles. The number of rotatable bonds is 3. The van der Waals surface area contributed by atoms with Gasteiger partial charge in [-0.2, -0.15) is 5.10 Å². The monoisotopic (exact) mass is 369 g/mol. The Kier molecular flexibility index (Phi) is 4.92. The van der Waals surface area contributed by atoms with Gasteiger partial charge in [-0.25, -0.2) is 9.50 Å². The van der Waals surface area contributed by atoms with Gasteiger partial charge in [0.05, 0.1) is 24.9 Å². The van der Waals surface area contributed by atoms with Crippen LogP contribution in [0, 0.1) is 0 Å². The maximum atomic E-state index is 6.61. The number of halogens is 2. The molecule has 4 rings (SSSR count). The molecule has 2 N–H and O–H groups in total. The molecule has 0 aromatic carbocycles. The fraction of sp³-hybridized carbons (Fsp3) is 0.625. The predicted octanol–water partition coefficient (Wildman–Crippen LogP) is 2.38. The maximum absolute atomic E-state index is 6.61. The van der Waals surface area contributed by atoms with E-state index in [0.717, 1.165) is 37.4 Å². The van der Waals surface area contributed by atoms with E-state index in [2.05, 4.69) is 20.7 Å². The SMILES string of the molecule is Clc1nc2cc(C3CCCCN3)nn2c(Cl)c1CC1COCCN1. The molecule has 4 heterocycles. The number of aromatic nitrogens is 3. The molecule has 2 aliphatic rings. The third-order valence-electron chi connectivity index (χ3n) is 4.72. The summed E-state index contributed by atoms with van der Waals surface area (Å²) < 4.78 is 7.21. The summed E-state index contributed by atoms with van der Waals surface area (Å²) in [5, 5.41) is 12.6. The highest BCUT2D eigenvalue weighted by atomic mass is 35.5. The number of morpholine rings is 1. The highest BCUT2D eigenvalue weighted by molar-refractivity contribution is 6.34. The van der Waals surface area contributed by atoms with E-state index >= 15 is 0 Å². The Bertz CT molecular complexity index is 723. The van der Waals surface area contributed by atoms with Crippen molar-refractivity contribution in [3.8, 4) is 0 Å². The first-order valence-corrected chi connectivity index (χ1v) is 9.26. The molecular formula is C16H21Cl2N5O. The Hall–Kier alpha value is -0.920. The molecule has 0 radical (unpaired) electrons. The molecule has 0 spiro atoms. The standard InChI is InChI=1S/C16H21Cl2N5O/c17-15-11(7-10-9-24-6-5-19-10)16(18)23-14(21-15)8-13(22-23)12-3-1-2-4-20-12/h8,10,12,19-20H,1-7,9H2. The largest absolute Gasteiger partial charge is 0.379 e. The fourth-order valence-corrected chi connectivity index (χ4v) is 4.03. The Balaban J connectivity index is 1.65. The zero-order valence-corrected chi connectivity index (χ0v) is 14.9. The molecule has 0 amide bonds. The Labute approximate surface area is 150 Å². The van der Waals surface area contributed by atoms with Crippen molar-refractivity contribution < 1.29 is 4.74 Å². The summed E-state index contributed by atoms with van der Waals surface area (Å²) in [5.74, 6) is 0. The first-order valence-electron chi connectivity index (χ1n) is 8.50. The van der Waals surface area contributed by atoms with Crippen LogP contribution in [0.2, 0.25) is 10.3 Å². The van der Waals surface area contributed by atoms with E-state index in [9.17, 15) is 0 Å². The normalized spacial score (nSPS) is 25.2. The van der Waals surface area contributed by atoms with E-state index in [1.807, 2.05) is 6.07 Å². The van der Waals surface area contributed by atoms with Crippen LogP contribution >= 0.6 is 23.2 Å². The second kappa shape index (κ2) is 7.14. The van der Waals surface area contributed by atoms with E-state index in [-0.39, 0.29) is 12.1 Å². The molecule has 2 aliphatic heterocycles. The molecule has 130 valence electrons. The highest BCUT2D eigenvalue weighted by Crippen LogP contribution is 2.29. The predicted molar refractivity (Wildman–Crippen MR) is 93.9 cm³/mol. The van der Waals surface area contributed by atoms with Crippen LogP contribution in [0.3, 0.4) is 0 Å².